The Morgan fingerprint density at radius 2 is 2.05 bits per heavy atom. The fourth-order valence-electron chi connectivity index (χ4n) is 2.59. The Hall–Kier alpha value is -1.40. The van der Waals surface area contributed by atoms with Crippen molar-refractivity contribution in [2.24, 2.45) is 0 Å². The highest BCUT2D eigenvalue weighted by Crippen LogP contribution is 2.33. The Kier molecular flexibility index (Phi) is 4.03. The maximum absolute atomic E-state index is 12.2. The van der Waals surface area contributed by atoms with Crippen molar-refractivity contribution in [3.63, 3.8) is 0 Å². The number of piperazine rings is 1. The van der Waals surface area contributed by atoms with Gasteiger partial charge in [-0.2, -0.15) is 0 Å². The molecule has 0 bridgehead atoms. The van der Waals surface area contributed by atoms with Crippen LogP contribution in [0.2, 0.25) is 0 Å². The molecule has 1 aliphatic carbocycles. The molecule has 2 fully saturated rings. The summed E-state index contributed by atoms with van der Waals surface area (Å²) in [5.74, 6) is 0.494. The molecule has 2 aliphatic rings. The quantitative estimate of drug-likeness (QED) is 0.835. The van der Waals surface area contributed by atoms with Gasteiger partial charge in [-0.15, -0.1) is 0 Å². The second-order valence-corrected chi connectivity index (χ2v) is 5.79. The predicted molar refractivity (Wildman–Crippen MR) is 79.2 cm³/mol. The zero-order valence-corrected chi connectivity index (χ0v) is 12.1. The summed E-state index contributed by atoms with van der Waals surface area (Å²) < 4.78 is 1.81. The number of anilines is 1. The molecule has 110 valence electrons. The molecule has 2 heterocycles. The summed E-state index contributed by atoms with van der Waals surface area (Å²) in [7, 11) is 2.16. The SMILES string of the molecule is CN1CCN(CCNc2nccn(C3CC3)c2=O)CC1. The molecular weight excluding hydrogens is 254 g/mol. The topological polar surface area (TPSA) is 53.4 Å². The largest absolute Gasteiger partial charge is 0.364 e. The van der Waals surface area contributed by atoms with Gasteiger partial charge in [0, 0.05) is 57.7 Å². The third kappa shape index (κ3) is 3.19. The molecule has 0 unspecified atom stereocenters. The summed E-state index contributed by atoms with van der Waals surface area (Å²) in [6.07, 6.45) is 5.75. The fourth-order valence-corrected chi connectivity index (χ4v) is 2.59. The molecule has 20 heavy (non-hydrogen) atoms. The van der Waals surface area contributed by atoms with Crippen molar-refractivity contribution < 1.29 is 0 Å². The van der Waals surface area contributed by atoms with E-state index in [1.807, 2.05) is 4.57 Å². The van der Waals surface area contributed by atoms with E-state index in [1.165, 1.54) is 0 Å². The predicted octanol–water partition coefficient (Wildman–Crippen LogP) is 0.237. The molecule has 1 aromatic rings. The van der Waals surface area contributed by atoms with E-state index in [2.05, 4.69) is 27.1 Å². The summed E-state index contributed by atoms with van der Waals surface area (Å²) in [6, 6.07) is 0.406. The van der Waals surface area contributed by atoms with Crippen LogP contribution in [0.3, 0.4) is 0 Å². The lowest BCUT2D eigenvalue weighted by molar-refractivity contribution is 0.158. The zero-order valence-electron chi connectivity index (χ0n) is 12.1. The minimum absolute atomic E-state index is 0.0216. The standard InChI is InChI=1S/C14H23N5O/c1-17-8-10-18(11-9-17)6-4-15-13-14(20)19(7-5-16-13)12-2-3-12/h5,7,12H,2-4,6,8-11H2,1H3,(H,15,16). The van der Waals surface area contributed by atoms with Gasteiger partial charge in [-0.1, -0.05) is 0 Å². The van der Waals surface area contributed by atoms with Crippen molar-refractivity contribution in [1.82, 2.24) is 19.4 Å². The van der Waals surface area contributed by atoms with E-state index in [0.717, 1.165) is 52.1 Å². The third-order valence-electron chi connectivity index (χ3n) is 4.12. The maximum Gasteiger partial charge on any atom is 0.293 e. The minimum atomic E-state index is 0.0216. The maximum atomic E-state index is 12.2. The van der Waals surface area contributed by atoms with Crippen LogP contribution in [0.4, 0.5) is 5.82 Å². The number of nitrogens with one attached hydrogen (secondary N) is 1. The van der Waals surface area contributed by atoms with Crippen molar-refractivity contribution in [3.8, 4) is 0 Å². The molecule has 0 radical (unpaired) electrons. The van der Waals surface area contributed by atoms with Gasteiger partial charge in [-0.3, -0.25) is 9.69 Å². The Balaban J connectivity index is 1.51. The van der Waals surface area contributed by atoms with Crippen LogP contribution >= 0.6 is 0 Å². The lowest BCUT2D eigenvalue weighted by Crippen LogP contribution is -2.46. The zero-order chi connectivity index (χ0) is 13.9. The van der Waals surface area contributed by atoms with Crippen molar-refractivity contribution in [2.45, 2.75) is 18.9 Å². The molecule has 3 rings (SSSR count). The van der Waals surface area contributed by atoms with Gasteiger partial charge in [0.15, 0.2) is 5.82 Å². The Morgan fingerprint density at radius 1 is 1.30 bits per heavy atom. The summed E-state index contributed by atoms with van der Waals surface area (Å²) >= 11 is 0. The lowest BCUT2D eigenvalue weighted by atomic mass is 10.3. The van der Waals surface area contributed by atoms with Gasteiger partial charge in [0.05, 0.1) is 0 Å². The smallest absolute Gasteiger partial charge is 0.293 e. The molecular formula is C14H23N5O. The van der Waals surface area contributed by atoms with Gasteiger partial charge in [0.2, 0.25) is 0 Å². The van der Waals surface area contributed by atoms with Crippen LogP contribution < -0.4 is 10.9 Å². The average molecular weight is 277 g/mol. The Bertz CT molecular complexity index is 503. The van der Waals surface area contributed by atoms with Gasteiger partial charge >= 0.3 is 0 Å². The highest BCUT2D eigenvalue weighted by molar-refractivity contribution is 5.31. The van der Waals surface area contributed by atoms with Gasteiger partial charge < -0.3 is 14.8 Å². The molecule has 1 N–H and O–H groups in total. The van der Waals surface area contributed by atoms with E-state index in [9.17, 15) is 4.79 Å². The van der Waals surface area contributed by atoms with Crippen molar-refractivity contribution in [1.29, 1.82) is 0 Å². The highest BCUT2D eigenvalue weighted by Gasteiger charge is 2.25. The second kappa shape index (κ2) is 5.93. The van der Waals surface area contributed by atoms with Crippen LogP contribution in [0.25, 0.3) is 0 Å². The van der Waals surface area contributed by atoms with Crippen LogP contribution in [-0.2, 0) is 0 Å². The monoisotopic (exact) mass is 277 g/mol. The van der Waals surface area contributed by atoms with E-state index in [4.69, 9.17) is 0 Å². The molecule has 0 atom stereocenters. The van der Waals surface area contributed by atoms with Gasteiger partial charge in [0.1, 0.15) is 0 Å². The fraction of sp³-hybridized carbons (Fsp3) is 0.714. The summed E-state index contributed by atoms with van der Waals surface area (Å²) in [5, 5.41) is 3.19. The van der Waals surface area contributed by atoms with Crippen molar-refractivity contribution >= 4 is 5.82 Å². The molecule has 6 heteroatoms. The van der Waals surface area contributed by atoms with Crippen molar-refractivity contribution in [2.75, 3.05) is 51.6 Å². The van der Waals surface area contributed by atoms with Gasteiger partial charge in [-0.05, 0) is 19.9 Å². The van der Waals surface area contributed by atoms with Crippen LogP contribution in [0.5, 0.6) is 0 Å². The van der Waals surface area contributed by atoms with E-state index in [-0.39, 0.29) is 5.56 Å². The number of likely N-dealkylation sites (N-methyl/N-ethyl adjacent to an activating group) is 1. The molecule has 6 nitrogen and oxygen atoms in total. The Morgan fingerprint density at radius 3 is 2.75 bits per heavy atom. The Labute approximate surface area is 119 Å². The molecule has 1 aliphatic heterocycles. The summed E-state index contributed by atoms with van der Waals surface area (Å²) in [6.45, 7) is 6.20. The normalized spacial score (nSPS) is 21.1. The average Bonchev–Trinajstić information content (AvgIpc) is 3.27. The van der Waals surface area contributed by atoms with E-state index < -0.39 is 0 Å². The summed E-state index contributed by atoms with van der Waals surface area (Å²) in [5.41, 5.74) is 0.0216. The van der Waals surface area contributed by atoms with Crippen LogP contribution in [0, 0.1) is 0 Å². The minimum Gasteiger partial charge on any atom is -0.364 e. The van der Waals surface area contributed by atoms with Crippen LogP contribution in [-0.4, -0.2) is 65.7 Å². The second-order valence-electron chi connectivity index (χ2n) is 5.79. The first-order valence-corrected chi connectivity index (χ1v) is 7.46. The van der Waals surface area contributed by atoms with E-state index in [1.54, 1.807) is 12.4 Å². The number of hydrogen-bond acceptors (Lipinski definition) is 5. The molecule has 1 aromatic heterocycles. The molecule has 1 saturated heterocycles. The number of nitrogens with zero attached hydrogens (tertiary/aromatic N) is 4. The van der Waals surface area contributed by atoms with Crippen molar-refractivity contribution in [3.05, 3.63) is 22.7 Å². The third-order valence-corrected chi connectivity index (χ3v) is 4.12. The molecule has 0 amide bonds. The van der Waals surface area contributed by atoms with Crippen LogP contribution in [0.1, 0.15) is 18.9 Å². The number of rotatable bonds is 5. The first kappa shape index (κ1) is 13.6. The summed E-state index contributed by atoms with van der Waals surface area (Å²) in [4.78, 5) is 21.1. The first-order valence-electron chi connectivity index (χ1n) is 7.46. The molecule has 1 saturated carbocycles. The van der Waals surface area contributed by atoms with Gasteiger partial charge in [-0.25, -0.2) is 4.98 Å². The van der Waals surface area contributed by atoms with Gasteiger partial charge in [0.25, 0.3) is 5.56 Å². The van der Waals surface area contributed by atoms with Crippen LogP contribution in [0.15, 0.2) is 17.2 Å². The lowest BCUT2D eigenvalue weighted by Gasteiger charge is -2.32. The van der Waals surface area contributed by atoms with E-state index in [0.29, 0.717) is 11.9 Å². The molecule has 0 aromatic carbocycles. The molecule has 0 spiro atoms. The highest BCUT2D eigenvalue weighted by atomic mass is 16.1. The van der Waals surface area contributed by atoms with E-state index >= 15 is 0 Å². The first-order chi connectivity index (χ1) is 9.74. The number of aromatic nitrogens is 2. The number of hydrogen-bond donors (Lipinski definition) is 1.